The zero-order chi connectivity index (χ0) is 13.0. The second kappa shape index (κ2) is 6.59. The summed E-state index contributed by atoms with van der Waals surface area (Å²) >= 11 is 8.03. The van der Waals surface area contributed by atoms with Crippen LogP contribution in [0.4, 0.5) is 5.82 Å². The van der Waals surface area contributed by atoms with Crippen molar-refractivity contribution >= 4 is 29.2 Å². The van der Waals surface area contributed by atoms with Crippen molar-refractivity contribution in [3.05, 3.63) is 17.0 Å². The summed E-state index contributed by atoms with van der Waals surface area (Å²) in [5.74, 6) is 3.91. The molecule has 1 saturated heterocycles. The Morgan fingerprint density at radius 3 is 3.06 bits per heavy atom. The average molecular weight is 288 g/mol. The predicted molar refractivity (Wildman–Crippen MR) is 76.5 cm³/mol. The van der Waals surface area contributed by atoms with Gasteiger partial charge in [-0.2, -0.15) is 11.8 Å². The molecule has 0 spiro atoms. The molecule has 0 N–H and O–H groups in total. The second-order valence-electron chi connectivity index (χ2n) is 4.23. The first-order valence-electron chi connectivity index (χ1n) is 6.12. The molecule has 1 atom stereocenters. The van der Waals surface area contributed by atoms with Crippen molar-refractivity contribution in [1.82, 2.24) is 9.97 Å². The monoisotopic (exact) mass is 287 g/mol. The van der Waals surface area contributed by atoms with Crippen LogP contribution in [-0.4, -0.2) is 41.2 Å². The number of aromatic nitrogens is 2. The van der Waals surface area contributed by atoms with Crippen LogP contribution in [0.25, 0.3) is 0 Å². The summed E-state index contributed by atoms with van der Waals surface area (Å²) in [6.45, 7) is 3.02. The van der Waals surface area contributed by atoms with Crippen molar-refractivity contribution in [2.75, 3.05) is 30.1 Å². The number of hydrogen-bond donors (Lipinski definition) is 0. The molecule has 1 aromatic rings. The van der Waals surface area contributed by atoms with Crippen molar-refractivity contribution in [2.45, 2.75) is 26.0 Å². The summed E-state index contributed by atoms with van der Waals surface area (Å²) in [6.07, 6.45) is 1.20. The van der Waals surface area contributed by atoms with Crippen LogP contribution in [-0.2, 0) is 11.3 Å². The molecule has 0 aliphatic carbocycles. The van der Waals surface area contributed by atoms with E-state index < -0.39 is 0 Å². The molecule has 1 aliphatic heterocycles. The maximum absolute atomic E-state index is 6.04. The van der Waals surface area contributed by atoms with Crippen LogP contribution in [0.3, 0.4) is 0 Å². The number of thioether (sulfide) groups is 1. The Balaban J connectivity index is 2.13. The van der Waals surface area contributed by atoms with E-state index in [0.29, 0.717) is 30.2 Å². The molecule has 0 amide bonds. The van der Waals surface area contributed by atoms with E-state index >= 15 is 0 Å². The Morgan fingerprint density at radius 2 is 2.39 bits per heavy atom. The van der Waals surface area contributed by atoms with Crippen molar-refractivity contribution in [3.8, 4) is 0 Å². The summed E-state index contributed by atoms with van der Waals surface area (Å²) < 4.78 is 5.33. The molecule has 0 radical (unpaired) electrons. The fourth-order valence-electron chi connectivity index (χ4n) is 1.90. The number of rotatable bonds is 5. The Hall–Kier alpha value is -0.520. The number of ether oxygens (including phenoxy) is 1. The predicted octanol–water partition coefficient (Wildman–Crippen LogP) is 2.61. The van der Waals surface area contributed by atoms with E-state index in [9.17, 15) is 0 Å². The smallest absolute Gasteiger partial charge is 0.158 e. The molecule has 0 saturated carbocycles. The maximum Gasteiger partial charge on any atom is 0.158 e. The zero-order valence-electron chi connectivity index (χ0n) is 10.7. The molecular weight excluding hydrogens is 270 g/mol. The van der Waals surface area contributed by atoms with Gasteiger partial charge in [0.05, 0.1) is 0 Å². The summed E-state index contributed by atoms with van der Waals surface area (Å²) in [7, 11) is 2.07. The van der Waals surface area contributed by atoms with E-state index in [-0.39, 0.29) is 0 Å². The van der Waals surface area contributed by atoms with E-state index in [1.54, 1.807) is 0 Å². The van der Waals surface area contributed by atoms with Crippen LogP contribution in [0, 0.1) is 0 Å². The number of anilines is 1. The minimum Gasteiger partial charge on any atom is -0.374 e. The van der Waals surface area contributed by atoms with Gasteiger partial charge in [0.2, 0.25) is 0 Å². The minimum absolute atomic E-state index is 0.414. The second-order valence-corrected chi connectivity index (χ2v) is 5.77. The molecule has 1 unspecified atom stereocenters. The summed E-state index contributed by atoms with van der Waals surface area (Å²) in [5.41, 5.74) is 0. The largest absolute Gasteiger partial charge is 0.374 e. The molecule has 0 aromatic carbocycles. The van der Waals surface area contributed by atoms with Crippen molar-refractivity contribution in [1.29, 1.82) is 0 Å². The molecule has 1 aromatic heterocycles. The van der Waals surface area contributed by atoms with Gasteiger partial charge in [-0.3, -0.25) is 0 Å². The van der Waals surface area contributed by atoms with E-state index in [2.05, 4.69) is 21.9 Å². The summed E-state index contributed by atoms with van der Waals surface area (Å²) in [4.78, 5) is 10.9. The van der Waals surface area contributed by atoms with Gasteiger partial charge in [-0.05, 0) is 19.1 Å². The topological polar surface area (TPSA) is 38.2 Å². The number of hydrogen-bond acceptors (Lipinski definition) is 5. The Bertz CT molecular complexity index is 399. The van der Waals surface area contributed by atoms with Crippen LogP contribution in [0.15, 0.2) is 6.07 Å². The van der Waals surface area contributed by atoms with Crippen molar-refractivity contribution in [2.24, 2.45) is 0 Å². The molecule has 18 heavy (non-hydrogen) atoms. The Morgan fingerprint density at radius 1 is 1.56 bits per heavy atom. The molecular formula is C12H18ClN3OS. The summed E-state index contributed by atoms with van der Waals surface area (Å²) in [6, 6.07) is 2.36. The normalized spacial score (nSPS) is 19.2. The maximum atomic E-state index is 6.04. The highest BCUT2D eigenvalue weighted by Gasteiger charge is 2.21. The first kappa shape index (κ1) is 13.9. The van der Waals surface area contributed by atoms with Crippen LogP contribution in [0.2, 0.25) is 5.15 Å². The van der Waals surface area contributed by atoms with Gasteiger partial charge in [0.1, 0.15) is 17.6 Å². The quantitative estimate of drug-likeness (QED) is 0.779. The summed E-state index contributed by atoms with van der Waals surface area (Å²) in [5, 5.41) is 0.479. The third kappa shape index (κ3) is 3.49. The minimum atomic E-state index is 0.414. The Labute approximate surface area is 117 Å². The third-order valence-corrected chi connectivity index (χ3v) is 4.32. The lowest BCUT2D eigenvalue weighted by Gasteiger charge is -2.25. The van der Waals surface area contributed by atoms with E-state index in [1.807, 2.05) is 24.8 Å². The SMILES string of the molecule is CCOCc1nc(Cl)cc(N(C)C2CCSC2)n1. The van der Waals surface area contributed by atoms with Gasteiger partial charge in [-0.25, -0.2) is 9.97 Å². The Kier molecular flexibility index (Phi) is 5.09. The molecule has 100 valence electrons. The lowest BCUT2D eigenvalue weighted by Crippen LogP contribution is -2.32. The van der Waals surface area contributed by atoms with E-state index in [0.717, 1.165) is 11.6 Å². The van der Waals surface area contributed by atoms with Crippen LogP contribution in [0.5, 0.6) is 0 Å². The highest BCUT2D eigenvalue weighted by molar-refractivity contribution is 7.99. The lowest BCUT2D eigenvalue weighted by molar-refractivity contribution is 0.128. The third-order valence-electron chi connectivity index (χ3n) is 2.98. The fraction of sp³-hybridized carbons (Fsp3) is 0.667. The van der Waals surface area contributed by atoms with Gasteiger partial charge >= 0.3 is 0 Å². The van der Waals surface area contributed by atoms with Gasteiger partial charge in [-0.1, -0.05) is 11.6 Å². The van der Waals surface area contributed by atoms with Gasteiger partial charge in [0, 0.05) is 31.5 Å². The molecule has 4 nitrogen and oxygen atoms in total. The zero-order valence-corrected chi connectivity index (χ0v) is 12.3. The number of nitrogens with zero attached hydrogens (tertiary/aromatic N) is 3. The standard InChI is InChI=1S/C12H18ClN3OS/c1-3-17-7-11-14-10(13)6-12(15-11)16(2)9-4-5-18-8-9/h6,9H,3-5,7-8H2,1-2H3. The number of halogens is 1. The van der Waals surface area contributed by atoms with E-state index in [1.165, 1.54) is 12.2 Å². The van der Waals surface area contributed by atoms with Crippen LogP contribution < -0.4 is 4.90 Å². The van der Waals surface area contributed by atoms with Crippen LogP contribution >= 0.6 is 23.4 Å². The van der Waals surface area contributed by atoms with Crippen LogP contribution in [0.1, 0.15) is 19.2 Å². The lowest BCUT2D eigenvalue weighted by atomic mass is 10.2. The molecule has 2 heterocycles. The van der Waals surface area contributed by atoms with Gasteiger partial charge in [0.15, 0.2) is 5.82 Å². The molecule has 6 heteroatoms. The molecule has 0 bridgehead atoms. The molecule has 2 rings (SSSR count). The molecule has 1 fully saturated rings. The highest BCUT2D eigenvalue weighted by Crippen LogP contribution is 2.25. The van der Waals surface area contributed by atoms with Crippen molar-refractivity contribution < 1.29 is 4.74 Å². The molecule has 1 aliphatic rings. The average Bonchev–Trinajstić information content (AvgIpc) is 2.88. The fourth-order valence-corrected chi connectivity index (χ4v) is 3.37. The highest BCUT2D eigenvalue weighted by atomic mass is 35.5. The van der Waals surface area contributed by atoms with Gasteiger partial charge < -0.3 is 9.64 Å². The van der Waals surface area contributed by atoms with E-state index in [4.69, 9.17) is 16.3 Å². The first-order valence-corrected chi connectivity index (χ1v) is 7.65. The van der Waals surface area contributed by atoms with Gasteiger partial charge in [-0.15, -0.1) is 0 Å². The van der Waals surface area contributed by atoms with Gasteiger partial charge in [0.25, 0.3) is 0 Å². The van der Waals surface area contributed by atoms with Crippen molar-refractivity contribution in [3.63, 3.8) is 0 Å². The first-order chi connectivity index (χ1) is 8.70.